The van der Waals surface area contributed by atoms with E-state index in [1.165, 1.54) is 12.3 Å². The van der Waals surface area contributed by atoms with Gasteiger partial charge in [-0.1, -0.05) is 23.2 Å². The van der Waals surface area contributed by atoms with E-state index in [-0.39, 0.29) is 15.1 Å². The molecule has 1 aromatic rings. The van der Waals surface area contributed by atoms with Crippen molar-refractivity contribution >= 4 is 33.2 Å². The van der Waals surface area contributed by atoms with Gasteiger partial charge in [0, 0.05) is 19.3 Å². The van der Waals surface area contributed by atoms with Crippen LogP contribution < -0.4 is 0 Å². The molecule has 4 nitrogen and oxygen atoms in total. The summed E-state index contributed by atoms with van der Waals surface area (Å²) in [7, 11) is -3.52. The summed E-state index contributed by atoms with van der Waals surface area (Å²) in [6.07, 6.45) is 5.77. The SMILES string of the molecule is O=S(=O)(c1cnc(Cl)c(Cl)c1)N(CC1CC1)CC1CC1. The Kier molecular flexibility index (Phi) is 3.97. The fourth-order valence-electron chi connectivity index (χ4n) is 2.14. The van der Waals surface area contributed by atoms with E-state index in [0.29, 0.717) is 24.9 Å². The highest BCUT2D eigenvalue weighted by atomic mass is 35.5. The van der Waals surface area contributed by atoms with Crippen molar-refractivity contribution in [3.8, 4) is 0 Å². The Balaban J connectivity index is 1.86. The van der Waals surface area contributed by atoms with Crippen molar-refractivity contribution < 1.29 is 8.42 Å². The van der Waals surface area contributed by atoms with E-state index in [4.69, 9.17) is 23.2 Å². The predicted octanol–water partition coefficient (Wildman–Crippen LogP) is 3.20. The van der Waals surface area contributed by atoms with Gasteiger partial charge in [-0.05, 0) is 43.6 Å². The minimum absolute atomic E-state index is 0.126. The number of aromatic nitrogens is 1. The van der Waals surface area contributed by atoms with Gasteiger partial charge in [-0.2, -0.15) is 4.31 Å². The van der Waals surface area contributed by atoms with Gasteiger partial charge in [0.05, 0.1) is 5.02 Å². The molecule has 0 unspecified atom stereocenters. The number of hydrogen-bond donors (Lipinski definition) is 0. The molecule has 0 N–H and O–H groups in total. The third kappa shape index (κ3) is 3.27. The normalized spacial score (nSPS) is 19.6. The van der Waals surface area contributed by atoms with Crippen molar-refractivity contribution in [3.63, 3.8) is 0 Å². The second-order valence-corrected chi connectivity index (χ2v) is 8.36. The van der Waals surface area contributed by atoms with Crippen LogP contribution in [-0.2, 0) is 10.0 Å². The Labute approximate surface area is 129 Å². The van der Waals surface area contributed by atoms with Gasteiger partial charge >= 0.3 is 0 Å². The molecule has 1 heterocycles. The lowest BCUT2D eigenvalue weighted by Crippen LogP contribution is -2.34. The van der Waals surface area contributed by atoms with Crippen LogP contribution in [0, 0.1) is 11.8 Å². The van der Waals surface area contributed by atoms with E-state index in [1.54, 1.807) is 4.31 Å². The maximum atomic E-state index is 12.7. The van der Waals surface area contributed by atoms with Crippen molar-refractivity contribution in [2.24, 2.45) is 11.8 Å². The van der Waals surface area contributed by atoms with Crippen LogP contribution in [0.25, 0.3) is 0 Å². The molecule has 0 bridgehead atoms. The first kappa shape index (κ1) is 14.6. The molecule has 2 aliphatic carbocycles. The fourth-order valence-corrected chi connectivity index (χ4v) is 4.04. The van der Waals surface area contributed by atoms with Crippen molar-refractivity contribution in [2.45, 2.75) is 30.6 Å². The van der Waals surface area contributed by atoms with Crippen LogP contribution in [0.2, 0.25) is 10.2 Å². The highest BCUT2D eigenvalue weighted by molar-refractivity contribution is 7.89. The quantitative estimate of drug-likeness (QED) is 0.750. The zero-order chi connectivity index (χ0) is 14.3. The molecular weight excluding hydrogens is 319 g/mol. The topological polar surface area (TPSA) is 50.3 Å². The first-order valence-corrected chi connectivity index (χ1v) is 8.97. The molecule has 0 aromatic carbocycles. The summed E-state index contributed by atoms with van der Waals surface area (Å²) in [6.45, 7) is 1.22. The Morgan fingerprint density at radius 1 is 1.15 bits per heavy atom. The molecule has 0 saturated heterocycles. The second kappa shape index (κ2) is 5.44. The molecule has 1 aromatic heterocycles. The Bertz CT molecular complexity index is 599. The van der Waals surface area contributed by atoms with Gasteiger partial charge in [0.2, 0.25) is 10.0 Å². The van der Waals surface area contributed by atoms with Crippen LogP contribution in [0.5, 0.6) is 0 Å². The molecular formula is C13H16Cl2N2O2S. The van der Waals surface area contributed by atoms with Crippen molar-refractivity contribution in [2.75, 3.05) is 13.1 Å². The summed E-state index contributed by atoms with van der Waals surface area (Å²) in [6, 6.07) is 1.39. The predicted molar refractivity (Wildman–Crippen MR) is 78.5 cm³/mol. The second-order valence-electron chi connectivity index (χ2n) is 5.65. The Morgan fingerprint density at radius 2 is 1.70 bits per heavy atom. The number of halogens is 2. The average Bonchev–Trinajstić information content (AvgIpc) is 3.26. The molecule has 7 heteroatoms. The summed E-state index contributed by atoms with van der Waals surface area (Å²) in [5, 5.41) is 0.298. The summed E-state index contributed by atoms with van der Waals surface area (Å²) >= 11 is 11.6. The highest BCUT2D eigenvalue weighted by Crippen LogP contribution is 2.36. The van der Waals surface area contributed by atoms with Crippen LogP contribution in [0.15, 0.2) is 17.2 Å². The van der Waals surface area contributed by atoms with E-state index < -0.39 is 10.0 Å². The van der Waals surface area contributed by atoms with E-state index in [1.807, 2.05) is 0 Å². The van der Waals surface area contributed by atoms with Crippen LogP contribution in [-0.4, -0.2) is 30.8 Å². The smallest absolute Gasteiger partial charge is 0.242 e. The van der Waals surface area contributed by atoms with Crippen LogP contribution in [0.1, 0.15) is 25.7 Å². The summed E-state index contributed by atoms with van der Waals surface area (Å²) in [5.41, 5.74) is 0. The van der Waals surface area contributed by atoms with Crippen LogP contribution in [0.3, 0.4) is 0 Å². The molecule has 20 heavy (non-hydrogen) atoms. The molecule has 2 aliphatic rings. The summed E-state index contributed by atoms with van der Waals surface area (Å²) in [4.78, 5) is 3.98. The zero-order valence-corrected chi connectivity index (χ0v) is 13.3. The molecule has 0 radical (unpaired) electrons. The molecule has 0 atom stereocenters. The maximum absolute atomic E-state index is 12.7. The van der Waals surface area contributed by atoms with Crippen molar-refractivity contribution in [3.05, 3.63) is 22.4 Å². The van der Waals surface area contributed by atoms with Crippen molar-refractivity contribution in [1.29, 1.82) is 0 Å². The number of rotatable bonds is 6. The van der Waals surface area contributed by atoms with E-state index >= 15 is 0 Å². The van der Waals surface area contributed by atoms with Gasteiger partial charge in [0.1, 0.15) is 10.0 Å². The monoisotopic (exact) mass is 334 g/mol. The number of sulfonamides is 1. The minimum atomic E-state index is -3.52. The molecule has 0 amide bonds. The lowest BCUT2D eigenvalue weighted by molar-refractivity contribution is 0.382. The third-order valence-corrected chi connectivity index (χ3v) is 6.21. The van der Waals surface area contributed by atoms with E-state index in [0.717, 1.165) is 25.7 Å². The van der Waals surface area contributed by atoms with Gasteiger partial charge in [-0.15, -0.1) is 0 Å². The average molecular weight is 335 g/mol. The Morgan fingerprint density at radius 3 is 2.15 bits per heavy atom. The number of nitrogens with zero attached hydrogens (tertiary/aromatic N) is 2. The van der Waals surface area contributed by atoms with Gasteiger partial charge in [0.25, 0.3) is 0 Å². The Hall–Kier alpha value is -0.360. The van der Waals surface area contributed by atoms with Crippen LogP contribution in [0.4, 0.5) is 0 Å². The number of pyridine rings is 1. The maximum Gasteiger partial charge on any atom is 0.244 e. The van der Waals surface area contributed by atoms with Gasteiger partial charge in [0.15, 0.2) is 0 Å². The summed E-state index contributed by atoms with van der Waals surface area (Å²) < 4.78 is 27.0. The van der Waals surface area contributed by atoms with Gasteiger partial charge < -0.3 is 0 Å². The van der Waals surface area contributed by atoms with Gasteiger partial charge in [-0.3, -0.25) is 0 Å². The molecule has 110 valence electrons. The largest absolute Gasteiger partial charge is 0.244 e. The highest BCUT2D eigenvalue weighted by Gasteiger charge is 2.36. The first-order valence-electron chi connectivity index (χ1n) is 6.78. The van der Waals surface area contributed by atoms with Gasteiger partial charge in [-0.25, -0.2) is 13.4 Å². The van der Waals surface area contributed by atoms with Crippen molar-refractivity contribution in [1.82, 2.24) is 9.29 Å². The first-order chi connectivity index (χ1) is 9.46. The third-order valence-electron chi connectivity index (χ3n) is 3.73. The zero-order valence-electron chi connectivity index (χ0n) is 10.9. The lowest BCUT2D eigenvalue weighted by atomic mass is 10.4. The molecule has 3 rings (SSSR count). The molecule has 2 saturated carbocycles. The fraction of sp³-hybridized carbons (Fsp3) is 0.615. The standard InChI is InChI=1S/C13H16Cl2N2O2S/c14-12-5-11(6-16-13(12)15)20(18,19)17(7-9-1-2-9)8-10-3-4-10/h5-6,9-10H,1-4,7-8H2. The molecule has 0 aliphatic heterocycles. The summed E-state index contributed by atoms with van der Waals surface area (Å²) in [5.74, 6) is 1.03. The van der Waals surface area contributed by atoms with E-state index in [9.17, 15) is 8.42 Å². The van der Waals surface area contributed by atoms with E-state index in [2.05, 4.69) is 4.98 Å². The lowest BCUT2D eigenvalue weighted by Gasteiger charge is -2.22. The molecule has 2 fully saturated rings. The number of hydrogen-bond acceptors (Lipinski definition) is 3. The minimum Gasteiger partial charge on any atom is -0.242 e. The molecule has 0 spiro atoms. The van der Waals surface area contributed by atoms with Crippen LogP contribution >= 0.6 is 23.2 Å².